The van der Waals surface area contributed by atoms with Crippen molar-refractivity contribution in [3.8, 4) is 5.88 Å². The van der Waals surface area contributed by atoms with Crippen LogP contribution < -0.4 is 14.7 Å². The Balaban J connectivity index is 2.24. The summed E-state index contributed by atoms with van der Waals surface area (Å²) < 4.78 is 44.0. The van der Waals surface area contributed by atoms with E-state index in [4.69, 9.17) is 9.57 Å². The van der Waals surface area contributed by atoms with Gasteiger partial charge in [0.1, 0.15) is 6.04 Å². The molecule has 1 saturated heterocycles. The Kier molecular flexibility index (Phi) is 4.98. The van der Waals surface area contributed by atoms with Gasteiger partial charge in [-0.2, -0.15) is 13.2 Å². The first-order valence-electron chi connectivity index (χ1n) is 8.29. The summed E-state index contributed by atoms with van der Waals surface area (Å²) >= 11 is 3.21. The summed E-state index contributed by atoms with van der Waals surface area (Å²) in [6.07, 6.45) is -3.19. The molecule has 1 aromatic heterocycles. The largest absolute Gasteiger partial charge is 0.497 e. The van der Waals surface area contributed by atoms with E-state index in [1.165, 1.54) is 26.1 Å². The standard InChI is InChI=1S/C16H18BrF3N3O4/c1-15(2)13(24)23(10-3-5-21-6-4-10,27-14(25)16(18,19)20)11-7-9(17)8-22-12(11)26-15/h7-8,10,21H,3-6H2,1-2H3/q+1. The number of fused-ring (bicyclic) bond motifs is 1. The lowest BCUT2D eigenvalue weighted by molar-refractivity contribution is -0.248. The molecule has 148 valence electrons. The van der Waals surface area contributed by atoms with Crippen LogP contribution in [-0.4, -0.2) is 47.8 Å². The van der Waals surface area contributed by atoms with Gasteiger partial charge in [-0.15, -0.1) is 0 Å². The van der Waals surface area contributed by atoms with E-state index < -0.39 is 34.3 Å². The summed E-state index contributed by atoms with van der Waals surface area (Å²) in [5.74, 6) is -3.27. The van der Waals surface area contributed by atoms with Gasteiger partial charge in [-0.05, 0) is 34.4 Å². The highest BCUT2D eigenvalue weighted by molar-refractivity contribution is 9.10. The number of aromatic nitrogens is 1. The van der Waals surface area contributed by atoms with E-state index >= 15 is 0 Å². The van der Waals surface area contributed by atoms with E-state index in [-0.39, 0.29) is 11.6 Å². The Morgan fingerprint density at radius 3 is 2.63 bits per heavy atom. The molecule has 0 aliphatic carbocycles. The maximum atomic E-state index is 13.3. The number of carbonyl (C=O) groups excluding carboxylic acids is 2. The number of nitrogens with one attached hydrogen (secondary N) is 1. The number of ether oxygens (including phenoxy) is 1. The maximum Gasteiger partial charge on any atom is 0.497 e. The summed E-state index contributed by atoms with van der Waals surface area (Å²) in [5, 5.41) is 3.09. The average molecular weight is 453 g/mol. The van der Waals surface area contributed by atoms with Crippen LogP contribution in [0.15, 0.2) is 16.7 Å². The zero-order valence-electron chi connectivity index (χ0n) is 14.6. The number of halogens is 4. The molecular formula is C16H18BrF3N3O4+. The number of alkyl halides is 3. The van der Waals surface area contributed by atoms with Gasteiger partial charge in [0.25, 0.3) is 5.88 Å². The molecule has 1 unspecified atom stereocenters. The van der Waals surface area contributed by atoms with Crippen LogP contribution in [0.5, 0.6) is 5.88 Å². The number of piperidine rings is 1. The number of quaternary nitrogens is 1. The molecular weight excluding hydrogens is 435 g/mol. The lowest BCUT2D eigenvalue weighted by atomic mass is 9.97. The van der Waals surface area contributed by atoms with Crippen molar-refractivity contribution in [1.29, 1.82) is 0 Å². The third kappa shape index (κ3) is 3.43. The number of amides is 1. The molecule has 1 atom stereocenters. The molecule has 3 heterocycles. The SMILES string of the molecule is CC1(C)Oc2ncc(Br)cc2[N+](OC(=O)C(F)(F)F)(C2CCNCC2)C1=O. The maximum absolute atomic E-state index is 13.3. The normalized spacial score (nSPS) is 25.5. The Morgan fingerprint density at radius 1 is 1.41 bits per heavy atom. The van der Waals surface area contributed by atoms with E-state index in [0.29, 0.717) is 30.4 Å². The highest BCUT2D eigenvalue weighted by Crippen LogP contribution is 2.46. The molecule has 0 aromatic carbocycles. The summed E-state index contributed by atoms with van der Waals surface area (Å²) in [4.78, 5) is 34.2. The zero-order chi connectivity index (χ0) is 20.0. The number of hydrogen-bond acceptors (Lipinski definition) is 6. The van der Waals surface area contributed by atoms with Gasteiger partial charge >= 0.3 is 18.1 Å². The summed E-state index contributed by atoms with van der Waals surface area (Å²) in [6, 6.07) is 0.698. The number of rotatable bonds is 2. The Bertz CT molecular complexity index is 781. The van der Waals surface area contributed by atoms with Crippen molar-refractivity contribution in [3.05, 3.63) is 16.7 Å². The smallest absolute Gasteiger partial charge is 0.453 e. The number of nitrogens with zero attached hydrogens (tertiary/aromatic N) is 2. The van der Waals surface area contributed by atoms with Crippen molar-refractivity contribution < 1.29 is 32.3 Å². The van der Waals surface area contributed by atoms with E-state index in [9.17, 15) is 22.8 Å². The van der Waals surface area contributed by atoms with Crippen molar-refractivity contribution in [2.24, 2.45) is 0 Å². The van der Waals surface area contributed by atoms with Crippen LogP contribution in [0.25, 0.3) is 0 Å². The molecule has 0 bridgehead atoms. The second kappa shape index (κ2) is 6.71. The van der Waals surface area contributed by atoms with E-state index in [1.54, 1.807) is 0 Å². The minimum atomic E-state index is -5.25. The first kappa shape index (κ1) is 20.0. The average Bonchev–Trinajstić information content (AvgIpc) is 2.59. The van der Waals surface area contributed by atoms with Gasteiger partial charge in [-0.1, -0.05) is 0 Å². The Morgan fingerprint density at radius 2 is 2.04 bits per heavy atom. The monoisotopic (exact) mass is 452 g/mol. The number of carbonyl (C=O) groups is 2. The highest BCUT2D eigenvalue weighted by Gasteiger charge is 2.65. The van der Waals surface area contributed by atoms with Gasteiger partial charge in [0.15, 0.2) is 0 Å². The molecule has 1 aromatic rings. The topological polar surface area (TPSA) is 77.5 Å². The van der Waals surface area contributed by atoms with E-state index in [1.807, 2.05) is 0 Å². The van der Waals surface area contributed by atoms with Crippen LogP contribution >= 0.6 is 15.9 Å². The fraction of sp³-hybridized carbons (Fsp3) is 0.562. The van der Waals surface area contributed by atoms with Crippen LogP contribution in [0, 0.1) is 0 Å². The van der Waals surface area contributed by atoms with Crippen molar-refractivity contribution in [1.82, 2.24) is 14.9 Å². The molecule has 1 N–H and O–H groups in total. The van der Waals surface area contributed by atoms with Crippen LogP contribution in [0.4, 0.5) is 18.9 Å². The minimum Gasteiger partial charge on any atom is -0.453 e. The number of hydroxylamine groups is 2. The van der Waals surface area contributed by atoms with Crippen LogP contribution in [-0.2, 0) is 14.4 Å². The van der Waals surface area contributed by atoms with E-state index in [2.05, 4.69) is 26.2 Å². The van der Waals surface area contributed by atoms with Crippen LogP contribution in [0.2, 0.25) is 0 Å². The molecule has 7 nitrogen and oxygen atoms in total. The Hall–Kier alpha value is -1.72. The van der Waals surface area contributed by atoms with E-state index in [0.717, 1.165) is 0 Å². The molecule has 2 aliphatic rings. The second-order valence-electron chi connectivity index (χ2n) is 6.91. The van der Waals surface area contributed by atoms with Crippen LogP contribution in [0.1, 0.15) is 26.7 Å². The first-order valence-corrected chi connectivity index (χ1v) is 9.08. The Labute approximate surface area is 161 Å². The van der Waals surface area contributed by atoms with Crippen LogP contribution in [0.3, 0.4) is 0 Å². The molecule has 27 heavy (non-hydrogen) atoms. The molecule has 3 rings (SSSR count). The lowest BCUT2D eigenvalue weighted by Crippen LogP contribution is -2.71. The zero-order valence-corrected chi connectivity index (χ0v) is 16.2. The third-order valence-corrected chi connectivity index (χ3v) is 5.04. The molecule has 1 amide bonds. The van der Waals surface area contributed by atoms with Crippen molar-refractivity contribution in [2.75, 3.05) is 13.1 Å². The van der Waals surface area contributed by atoms with Crippen molar-refractivity contribution in [3.63, 3.8) is 0 Å². The molecule has 2 aliphatic heterocycles. The summed E-state index contributed by atoms with van der Waals surface area (Å²) in [7, 11) is 0. The number of pyridine rings is 1. The lowest BCUT2D eigenvalue weighted by Gasteiger charge is -2.45. The second-order valence-corrected chi connectivity index (χ2v) is 7.83. The molecule has 11 heteroatoms. The van der Waals surface area contributed by atoms with Gasteiger partial charge in [0.2, 0.25) is 11.3 Å². The third-order valence-electron chi connectivity index (χ3n) is 4.61. The van der Waals surface area contributed by atoms with Gasteiger partial charge < -0.3 is 10.1 Å². The fourth-order valence-electron chi connectivity index (χ4n) is 3.41. The van der Waals surface area contributed by atoms with Gasteiger partial charge in [-0.3, -0.25) is 4.84 Å². The number of hydrogen-bond donors (Lipinski definition) is 1. The highest BCUT2D eigenvalue weighted by atomic mass is 79.9. The molecule has 0 radical (unpaired) electrons. The van der Waals surface area contributed by atoms with Crippen molar-refractivity contribution in [2.45, 2.75) is 44.5 Å². The van der Waals surface area contributed by atoms with Crippen molar-refractivity contribution >= 4 is 33.5 Å². The summed E-state index contributed by atoms with van der Waals surface area (Å²) in [5.41, 5.74) is -1.57. The first-order chi connectivity index (χ1) is 12.5. The molecule has 1 fully saturated rings. The minimum absolute atomic E-state index is 0.0294. The predicted molar refractivity (Wildman–Crippen MR) is 91.5 cm³/mol. The predicted octanol–water partition coefficient (Wildman–Crippen LogP) is 2.62. The van der Waals surface area contributed by atoms with Gasteiger partial charge in [0.05, 0.1) is 0 Å². The fourth-order valence-corrected chi connectivity index (χ4v) is 3.73. The molecule has 0 spiro atoms. The summed E-state index contributed by atoms with van der Waals surface area (Å²) in [6.45, 7) is 3.77. The molecule has 0 saturated carbocycles. The van der Waals surface area contributed by atoms with Gasteiger partial charge in [-0.25, -0.2) is 14.6 Å². The quantitative estimate of drug-likeness (QED) is 0.695. The van der Waals surface area contributed by atoms with Gasteiger partial charge in [0, 0.05) is 42.7 Å².